The third kappa shape index (κ3) is 2.42. The van der Waals surface area contributed by atoms with Crippen LogP contribution in [0.1, 0.15) is 0 Å². The van der Waals surface area contributed by atoms with Crippen molar-refractivity contribution in [3.63, 3.8) is 0 Å². The molecule has 3 aromatic rings. The van der Waals surface area contributed by atoms with Crippen LogP contribution in [0.3, 0.4) is 0 Å². The highest BCUT2D eigenvalue weighted by molar-refractivity contribution is 5.64. The van der Waals surface area contributed by atoms with Gasteiger partial charge < -0.3 is 5.11 Å². The lowest BCUT2D eigenvalue weighted by Gasteiger charge is -2.05. The zero-order valence-electron chi connectivity index (χ0n) is 10.1. The van der Waals surface area contributed by atoms with Crippen LogP contribution in [0.25, 0.3) is 22.6 Å². The van der Waals surface area contributed by atoms with Crippen molar-refractivity contribution in [2.45, 2.75) is 0 Å². The van der Waals surface area contributed by atoms with E-state index < -0.39 is 0 Å². The summed E-state index contributed by atoms with van der Waals surface area (Å²) in [5.41, 5.74) is 2.36. The third-order valence-electron chi connectivity index (χ3n) is 2.70. The first kappa shape index (κ1) is 11.3. The fourth-order valence-corrected chi connectivity index (χ4v) is 1.81. The fraction of sp³-hybridized carbons (Fsp3) is 0. The molecule has 92 valence electrons. The van der Waals surface area contributed by atoms with E-state index in [-0.39, 0.29) is 5.88 Å². The number of nitrogens with zero attached hydrogens (tertiary/aromatic N) is 3. The van der Waals surface area contributed by atoms with Gasteiger partial charge in [0.1, 0.15) is 0 Å². The average molecular weight is 249 g/mol. The maximum atomic E-state index is 9.75. The van der Waals surface area contributed by atoms with Crippen LogP contribution >= 0.6 is 0 Å². The van der Waals surface area contributed by atoms with Gasteiger partial charge in [0.15, 0.2) is 5.82 Å². The summed E-state index contributed by atoms with van der Waals surface area (Å²) in [4.78, 5) is 12.6. The van der Waals surface area contributed by atoms with Crippen LogP contribution in [0.4, 0.5) is 0 Å². The maximum Gasteiger partial charge on any atom is 0.215 e. The molecule has 0 atom stereocenters. The molecule has 0 bridgehead atoms. The number of pyridine rings is 1. The van der Waals surface area contributed by atoms with Gasteiger partial charge in [-0.25, -0.2) is 4.98 Å². The van der Waals surface area contributed by atoms with Crippen molar-refractivity contribution in [1.29, 1.82) is 0 Å². The van der Waals surface area contributed by atoms with Crippen LogP contribution in [0.5, 0.6) is 5.88 Å². The number of hydrogen-bond donors (Lipinski definition) is 1. The summed E-state index contributed by atoms with van der Waals surface area (Å²) in [6.07, 6.45) is 3.40. The molecule has 3 rings (SSSR count). The molecular weight excluding hydrogens is 238 g/mol. The SMILES string of the molecule is Oc1cc(-c2cccnc2)nc(-c2ccccc2)n1. The Morgan fingerprint density at radius 3 is 2.37 bits per heavy atom. The zero-order valence-corrected chi connectivity index (χ0v) is 10.1. The molecule has 1 aromatic carbocycles. The molecule has 0 radical (unpaired) electrons. The molecule has 0 spiro atoms. The molecule has 0 saturated carbocycles. The first-order valence-electron chi connectivity index (χ1n) is 5.87. The van der Waals surface area contributed by atoms with Gasteiger partial charge >= 0.3 is 0 Å². The number of aromatic nitrogens is 3. The monoisotopic (exact) mass is 249 g/mol. The number of aromatic hydroxyl groups is 1. The van der Waals surface area contributed by atoms with Gasteiger partial charge in [0.25, 0.3) is 0 Å². The zero-order chi connectivity index (χ0) is 13.1. The van der Waals surface area contributed by atoms with E-state index >= 15 is 0 Å². The lowest BCUT2D eigenvalue weighted by molar-refractivity contribution is 0.453. The molecule has 0 unspecified atom stereocenters. The highest BCUT2D eigenvalue weighted by Crippen LogP contribution is 2.23. The molecule has 2 heterocycles. The average Bonchev–Trinajstić information content (AvgIpc) is 2.48. The van der Waals surface area contributed by atoms with Gasteiger partial charge in [-0.05, 0) is 12.1 Å². The molecule has 0 aliphatic heterocycles. The van der Waals surface area contributed by atoms with Crippen LogP contribution in [-0.2, 0) is 0 Å². The van der Waals surface area contributed by atoms with Crippen molar-refractivity contribution in [3.05, 3.63) is 60.9 Å². The largest absolute Gasteiger partial charge is 0.493 e. The predicted molar refractivity (Wildman–Crippen MR) is 72.4 cm³/mol. The van der Waals surface area contributed by atoms with Crippen LogP contribution in [0.15, 0.2) is 60.9 Å². The molecule has 0 amide bonds. The smallest absolute Gasteiger partial charge is 0.215 e. The third-order valence-corrected chi connectivity index (χ3v) is 2.70. The number of hydrogen-bond acceptors (Lipinski definition) is 4. The summed E-state index contributed by atoms with van der Waals surface area (Å²) in [5, 5.41) is 9.75. The van der Waals surface area contributed by atoms with Crippen molar-refractivity contribution in [1.82, 2.24) is 15.0 Å². The summed E-state index contributed by atoms with van der Waals surface area (Å²) in [5.74, 6) is 0.451. The Balaban J connectivity index is 2.12. The standard InChI is InChI=1S/C15H11N3O/c19-14-9-13(12-7-4-8-16-10-12)17-15(18-14)11-5-2-1-3-6-11/h1-10H,(H,17,18,19). The van der Waals surface area contributed by atoms with Crippen molar-refractivity contribution in [2.24, 2.45) is 0 Å². The van der Waals surface area contributed by atoms with Crippen LogP contribution in [-0.4, -0.2) is 20.1 Å². The summed E-state index contributed by atoms with van der Waals surface area (Å²) in [6, 6.07) is 14.8. The summed E-state index contributed by atoms with van der Waals surface area (Å²) >= 11 is 0. The van der Waals surface area contributed by atoms with Gasteiger partial charge in [-0.3, -0.25) is 4.98 Å². The van der Waals surface area contributed by atoms with Gasteiger partial charge in [0, 0.05) is 29.6 Å². The molecular formula is C15H11N3O. The van der Waals surface area contributed by atoms with E-state index in [1.807, 2.05) is 42.5 Å². The van der Waals surface area contributed by atoms with Gasteiger partial charge in [-0.2, -0.15) is 4.98 Å². The Hall–Kier alpha value is -2.75. The topological polar surface area (TPSA) is 58.9 Å². The van der Waals surface area contributed by atoms with Crippen LogP contribution in [0, 0.1) is 0 Å². The van der Waals surface area contributed by atoms with E-state index in [0.29, 0.717) is 11.5 Å². The number of benzene rings is 1. The van der Waals surface area contributed by atoms with Gasteiger partial charge in [-0.1, -0.05) is 30.3 Å². The van der Waals surface area contributed by atoms with E-state index in [4.69, 9.17) is 0 Å². The normalized spacial score (nSPS) is 10.3. The minimum Gasteiger partial charge on any atom is -0.493 e. The summed E-state index contributed by atoms with van der Waals surface area (Å²) in [6.45, 7) is 0. The molecule has 2 aromatic heterocycles. The highest BCUT2D eigenvalue weighted by atomic mass is 16.3. The van der Waals surface area contributed by atoms with E-state index in [1.165, 1.54) is 6.07 Å². The second-order valence-corrected chi connectivity index (χ2v) is 4.04. The lowest BCUT2D eigenvalue weighted by Crippen LogP contribution is -1.92. The lowest BCUT2D eigenvalue weighted by atomic mass is 10.1. The Kier molecular flexibility index (Phi) is 2.90. The van der Waals surface area contributed by atoms with Crippen molar-refractivity contribution in [2.75, 3.05) is 0 Å². The first-order chi connectivity index (χ1) is 9.33. The Morgan fingerprint density at radius 1 is 0.842 bits per heavy atom. The Morgan fingerprint density at radius 2 is 1.63 bits per heavy atom. The number of rotatable bonds is 2. The molecule has 0 fully saturated rings. The predicted octanol–water partition coefficient (Wildman–Crippen LogP) is 2.91. The van der Waals surface area contributed by atoms with E-state index in [2.05, 4.69) is 15.0 Å². The van der Waals surface area contributed by atoms with E-state index in [0.717, 1.165) is 11.1 Å². The fourth-order valence-electron chi connectivity index (χ4n) is 1.81. The van der Waals surface area contributed by atoms with Gasteiger partial charge in [-0.15, -0.1) is 0 Å². The van der Waals surface area contributed by atoms with Gasteiger partial charge in [0.2, 0.25) is 5.88 Å². The van der Waals surface area contributed by atoms with Crippen molar-refractivity contribution in [3.8, 4) is 28.5 Å². The van der Waals surface area contributed by atoms with Crippen LogP contribution in [0.2, 0.25) is 0 Å². The second kappa shape index (κ2) is 4.86. The summed E-state index contributed by atoms with van der Waals surface area (Å²) in [7, 11) is 0. The molecule has 0 saturated heterocycles. The molecule has 0 aliphatic carbocycles. The molecule has 0 aliphatic rings. The van der Waals surface area contributed by atoms with Crippen molar-refractivity contribution >= 4 is 0 Å². The minimum atomic E-state index is -0.0484. The molecule has 1 N–H and O–H groups in total. The van der Waals surface area contributed by atoms with Crippen molar-refractivity contribution < 1.29 is 5.11 Å². The molecule has 4 heteroatoms. The summed E-state index contributed by atoms with van der Waals surface area (Å²) < 4.78 is 0. The Bertz CT molecular complexity index is 627. The quantitative estimate of drug-likeness (QED) is 0.758. The van der Waals surface area contributed by atoms with E-state index in [1.54, 1.807) is 12.4 Å². The van der Waals surface area contributed by atoms with Gasteiger partial charge in [0.05, 0.1) is 5.69 Å². The van der Waals surface area contributed by atoms with E-state index in [9.17, 15) is 5.11 Å². The first-order valence-corrected chi connectivity index (χ1v) is 5.87. The maximum absolute atomic E-state index is 9.75. The second-order valence-electron chi connectivity index (χ2n) is 4.04. The minimum absolute atomic E-state index is 0.0484. The molecule has 19 heavy (non-hydrogen) atoms. The molecule has 4 nitrogen and oxygen atoms in total. The van der Waals surface area contributed by atoms with Crippen LogP contribution < -0.4 is 0 Å². The highest BCUT2D eigenvalue weighted by Gasteiger charge is 2.07. The Labute approximate surface area is 110 Å².